The maximum Gasteiger partial charge on any atom is 0.0322 e. The monoisotopic (exact) mass is 191 g/mol. The van der Waals surface area contributed by atoms with Gasteiger partial charge in [0.05, 0.1) is 0 Å². The summed E-state index contributed by atoms with van der Waals surface area (Å²) < 4.78 is 0. The predicted octanol–water partition coefficient (Wildman–Crippen LogP) is 3.38. The Labute approximate surface area is 87.5 Å². The fourth-order valence-corrected chi connectivity index (χ4v) is 1.68. The number of hydrogen-bond acceptors (Lipinski definition) is 1. The molecular formula is C13H21N. The second-order valence-electron chi connectivity index (χ2n) is 5.02. The second-order valence-corrected chi connectivity index (χ2v) is 5.02. The van der Waals surface area contributed by atoms with Gasteiger partial charge in [-0.2, -0.15) is 0 Å². The van der Waals surface area contributed by atoms with Gasteiger partial charge in [-0.3, -0.25) is 0 Å². The zero-order valence-electron chi connectivity index (χ0n) is 9.67. The smallest absolute Gasteiger partial charge is 0.0322 e. The van der Waals surface area contributed by atoms with E-state index >= 15 is 0 Å². The maximum atomic E-state index is 3.37. The highest BCUT2D eigenvalue weighted by atomic mass is 14.9. The minimum Gasteiger partial charge on any atom is -0.313 e. The van der Waals surface area contributed by atoms with Gasteiger partial charge in [0.25, 0.3) is 0 Å². The number of hydrogen-bond donors (Lipinski definition) is 1. The summed E-state index contributed by atoms with van der Waals surface area (Å²) in [5.41, 5.74) is 1.74. The van der Waals surface area contributed by atoms with E-state index in [0.717, 1.165) is 6.42 Å². The molecule has 1 N–H and O–H groups in total. The van der Waals surface area contributed by atoms with Crippen LogP contribution in [0.1, 0.15) is 38.8 Å². The van der Waals surface area contributed by atoms with Gasteiger partial charge < -0.3 is 5.32 Å². The van der Waals surface area contributed by atoms with Crippen LogP contribution in [0, 0.1) is 5.41 Å². The van der Waals surface area contributed by atoms with E-state index in [1.165, 1.54) is 5.56 Å². The Morgan fingerprint density at radius 1 is 1.14 bits per heavy atom. The molecule has 14 heavy (non-hydrogen) atoms. The van der Waals surface area contributed by atoms with Gasteiger partial charge in [0, 0.05) is 6.04 Å². The van der Waals surface area contributed by atoms with Gasteiger partial charge in [-0.15, -0.1) is 0 Å². The molecule has 0 bridgehead atoms. The number of rotatable bonds is 3. The summed E-state index contributed by atoms with van der Waals surface area (Å²) in [6.45, 7) is 6.83. The predicted molar refractivity (Wildman–Crippen MR) is 62.3 cm³/mol. The van der Waals surface area contributed by atoms with Crippen LogP contribution in [0.25, 0.3) is 0 Å². The summed E-state index contributed by atoms with van der Waals surface area (Å²) >= 11 is 0. The molecule has 0 saturated heterocycles. The highest BCUT2D eigenvalue weighted by Crippen LogP contribution is 2.28. The summed E-state index contributed by atoms with van der Waals surface area (Å²) in [4.78, 5) is 0. The Morgan fingerprint density at radius 3 is 2.14 bits per heavy atom. The van der Waals surface area contributed by atoms with E-state index in [1.807, 2.05) is 7.05 Å². The summed E-state index contributed by atoms with van der Waals surface area (Å²) in [7, 11) is 2.03. The molecule has 1 unspecified atom stereocenters. The van der Waals surface area contributed by atoms with Crippen LogP contribution in [0.3, 0.4) is 0 Å². The Morgan fingerprint density at radius 2 is 1.71 bits per heavy atom. The molecule has 0 fully saturated rings. The lowest BCUT2D eigenvalue weighted by atomic mass is 9.85. The highest BCUT2D eigenvalue weighted by Gasteiger charge is 2.18. The van der Waals surface area contributed by atoms with E-state index in [4.69, 9.17) is 0 Å². The fraction of sp³-hybridized carbons (Fsp3) is 0.538. The second kappa shape index (κ2) is 4.61. The molecule has 0 aliphatic rings. The van der Waals surface area contributed by atoms with Gasteiger partial charge in [0.15, 0.2) is 0 Å². The zero-order chi connectivity index (χ0) is 10.6. The molecule has 0 aromatic heterocycles. The standard InChI is InChI=1S/C13H21N/c1-13(2,3)10-12(14-4)11-8-6-5-7-9-11/h5-9,12,14H,10H2,1-4H3. The van der Waals surface area contributed by atoms with Crippen LogP contribution in [0.4, 0.5) is 0 Å². The third-order valence-electron chi connectivity index (χ3n) is 2.37. The van der Waals surface area contributed by atoms with E-state index in [2.05, 4.69) is 56.4 Å². The molecule has 0 saturated carbocycles. The average molecular weight is 191 g/mol. The van der Waals surface area contributed by atoms with Gasteiger partial charge in [0.1, 0.15) is 0 Å². The lowest BCUT2D eigenvalue weighted by Gasteiger charge is -2.26. The molecule has 0 heterocycles. The van der Waals surface area contributed by atoms with Crippen LogP contribution in [0.5, 0.6) is 0 Å². The van der Waals surface area contributed by atoms with Crippen molar-refractivity contribution >= 4 is 0 Å². The lowest BCUT2D eigenvalue weighted by molar-refractivity contribution is 0.321. The van der Waals surface area contributed by atoms with Crippen LogP contribution in [-0.4, -0.2) is 7.05 Å². The van der Waals surface area contributed by atoms with Crippen LogP contribution < -0.4 is 5.32 Å². The molecule has 1 rings (SSSR count). The third kappa shape index (κ3) is 3.51. The minimum absolute atomic E-state index is 0.365. The number of benzene rings is 1. The molecule has 78 valence electrons. The van der Waals surface area contributed by atoms with Crippen LogP contribution in [0.15, 0.2) is 30.3 Å². The first-order chi connectivity index (χ1) is 6.53. The van der Waals surface area contributed by atoms with Gasteiger partial charge in [0.2, 0.25) is 0 Å². The fourth-order valence-electron chi connectivity index (χ4n) is 1.68. The Hall–Kier alpha value is -0.820. The molecule has 1 nitrogen and oxygen atoms in total. The zero-order valence-corrected chi connectivity index (χ0v) is 9.67. The van der Waals surface area contributed by atoms with Crippen molar-refractivity contribution in [2.24, 2.45) is 5.41 Å². The van der Waals surface area contributed by atoms with Crippen molar-refractivity contribution in [2.45, 2.75) is 33.2 Å². The van der Waals surface area contributed by atoms with Crippen molar-refractivity contribution in [3.63, 3.8) is 0 Å². The third-order valence-corrected chi connectivity index (χ3v) is 2.37. The minimum atomic E-state index is 0.365. The Balaban J connectivity index is 2.73. The van der Waals surface area contributed by atoms with E-state index in [1.54, 1.807) is 0 Å². The van der Waals surface area contributed by atoms with Gasteiger partial charge >= 0.3 is 0 Å². The molecule has 1 aromatic rings. The molecule has 0 amide bonds. The largest absolute Gasteiger partial charge is 0.313 e. The highest BCUT2D eigenvalue weighted by molar-refractivity contribution is 5.18. The molecule has 1 atom stereocenters. The number of nitrogens with one attached hydrogen (secondary N) is 1. The molecule has 1 aromatic carbocycles. The normalized spacial score (nSPS) is 14.0. The van der Waals surface area contributed by atoms with Gasteiger partial charge in [-0.25, -0.2) is 0 Å². The first-order valence-corrected chi connectivity index (χ1v) is 5.25. The molecule has 0 spiro atoms. The summed E-state index contributed by atoms with van der Waals surface area (Å²) in [5, 5.41) is 3.37. The van der Waals surface area contributed by atoms with Crippen molar-refractivity contribution in [3.8, 4) is 0 Å². The van der Waals surface area contributed by atoms with Crippen molar-refractivity contribution in [1.29, 1.82) is 0 Å². The Bertz CT molecular complexity index is 258. The van der Waals surface area contributed by atoms with Gasteiger partial charge in [-0.1, -0.05) is 51.1 Å². The molecule has 0 radical (unpaired) electrons. The summed E-state index contributed by atoms with van der Waals surface area (Å²) in [6, 6.07) is 11.1. The molecule has 0 aliphatic carbocycles. The Kier molecular flexibility index (Phi) is 3.70. The molecule has 1 heteroatoms. The van der Waals surface area contributed by atoms with Crippen LogP contribution in [0.2, 0.25) is 0 Å². The SMILES string of the molecule is CNC(CC(C)(C)C)c1ccccc1. The van der Waals surface area contributed by atoms with E-state index in [9.17, 15) is 0 Å². The van der Waals surface area contributed by atoms with Crippen LogP contribution >= 0.6 is 0 Å². The summed E-state index contributed by atoms with van der Waals surface area (Å²) in [5.74, 6) is 0. The molecule has 0 aliphatic heterocycles. The van der Waals surface area contributed by atoms with Crippen molar-refractivity contribution in [1.82, 2.24) is 5.32 Å². The van der Waals surface area contributed by atoms with Crippen molar-refractivity contribution in [2.75, 3.05) is 7.05 Å². The first-order valence-electron chi connectivity index (χ1n) is 5.25. The van der Waals surface area contributed by atoms with E-state index in [-0.39, 0.29) is 0 Å². The molecular weight excluding hydrogens is 170 g/mol. The van der Waals surface area contributed by atoms with E-state index in [0.29, 0.717) is 11.5 Å². The maximum absolute atomic E-state index is 3.37. The van der Waals surface area contributed by atoms with Crippen molar-refractivity contribution < 1.29 is 0 Å². The van der Waals surface area contributed by atoms with Crippen LogP contribution in [-0.2, 0) is 0 Å². The van der Waals surface area contributed by atoms with Gasteiger partial charge in [-0.05, 0) is 24.4 Å². The first kappa shape index (κ1) is 11.3. The average Bonchev–Trinajstić information content (AvgIpc) is 2.14. The summed E-state index contributed by atoms with van der Waals surface area (Å²) in [6.07, 6.45) is 1.16. The lowest BCUT2D eigenvalue weighted by Crippen LogP contribution is -2.22. The van der Waals surface area contributed by atoms with E-state index < -0.39 is 0 Å². The quantitative estimate of drug-likeness (QED) is 0.772. The van der Waals surface area contributed by atoms with Crippen molar-refractivity contribution in [3.05, 3.63) is 35.9 Å². The topological polar surface area (TPSA) is 12.0 Å².